The van der Waals surface area contributed by atoms with Gasteiger partial charge in [-0.2, -0.15) is 0 Å². The van der Waals surface area contributed by atoms with Crippen LogP contribution < -0.4 is 14.8 Å². The minimum absolute atomic E-state index is 0.0703. The zero-order valence-corrected chi connectivity index (χ0v) is 12.1. The van der Waals surface area contributed by atoms with Crippen molar-refractivity contribution >= 4 is 11.9 Å². The van der Waals surface area contributed by atoms with Crippen molar-refractivity contribution in [1.82, 2.24) is 5.32 Å². The summed E-state index contributed by atoms with van der Waals surface area (Å²) in [4.78, 5) is 21.7. The highest BCUT2D eigenvalue weighted by molar-refractivity contribution is 5.75. The van der Waals surface area contributed by atoms with E-state index in [1.807, 2.05) is 24.3 Å². The van der Waals surface area contributed by atoms with E-state index < -0.39 is 5.97 Å². The summed E-state index contributed by atoms with van der Waals surface area (Å²) in [7, 11) is 1.60. The van der Waals surface area contributed by atoms with Gasteiger partial charge in [0.25, 0.3) is 0 Å². The van der Waals surface area contributed by atoms with Gasteiger partial charge < -0.3 is 19.9 Å². The normalized spacial score (nSPS) is 9.95. The molecule has 2 N–H and O–H groups in total. The number of nitrogens with one attached hydrogen (secondary N) is 1. The Kier molecular flexibility index (Phi) is 7.71. The third-order valence-corrected chi connectivity index (χ3v) is 2.77. The number of hydrogen-bond acceptors (Lipinski definition) is 4. The number of rotatable bonds is 10. The summed E-state index contributed by atoms with van der Waals surface area (Å²) >= 11 is 0. The average Bonchev–Trinajstić information content (AvgIpc) is 2.48. The summed E-state index contributed by atoms with van der Waals surface area (Å²) in [6, 6.07) is 7.24. The maximum Gasteiger partial charge on any atom is 0.303 e. The van der Waals surface area contributed by atoms with Gasteiger partial charge in [-0.3, -0.25) is 9.59 Å². The Balaban J connectivity index is 2.07. The molecule has 116 valence electrons. The molecule has 0 unspecified atom stereocenters. The van der Waals surface area contributed by atoms with Gasteiger partial charge in [0.05, 0.1) is 13.7 Å². The first-order chi connectivity index (χ1) is 10.1. The quantitative estimate of drug-likeness (QED) is 0.643. The molecule has 1 rings (SSSR count). The lowest BCUT2D eigenvalue weighted by molar-refractivity contribution is -0.137. The van der Waals surface area contributed by atoms with Gasteiger partial charge in [-0.1, -0.05) is 0 Å². The van der Waals surface area contributed by atoms with Crippen LogP contribution in [0.2, 0.25) is 0 Å². The molecule has 0 aromatic heterocycles. The van der Waals surface area contributed by atoms with Crippen LogP contribution in [0.15, 0.2) is 24.3 Å². The van der Waals surface area contributed by atoms with Crippen molar-refractivity contribution in [3.63, 3.8) is 0 Å². The molecule has 1 aromatic carbocycles. The second kappa shape index (κ2) is 9.63. The Morgan fingerprint density at radius 2 is 1.76 bits per heavy atom. The molecule has 0 aliphatic heterocycles. The number of aliphatic carboxylic acids is 1. The van der Waals surface area contributed by atoms with E-state index in [-0.39, 0.29) is 12.3 Å². The van der Waals surface area contributed by atoms with Crippen molar-refractivity contribution in [2.24, 2.45) is 0 Å². The first-order valence-electron chi connectivity index (χ1n) is 6.87. The van der Waals surface area contributed by atoms with E-state index in [2.05, 4.69) is 5.32 Å². The van der Waals surface area contributed by atoms with Crippen LogP contribution in [0.5, 0.6) is 11.5 Å². The summed E-state index contributed by atoms with van der Waals surface area (Å²) in [5.41, 5.74) is 0. The number of benzene rings is 1. The lowest BCUT2D eigenvalue weighted by Gasteiger charge is -2.07. The van der Waals surface area contributed by atoms with E-state index in [0.717, 1.165) is 11.5 Å². The predicted octanol–water partition coefficient (Wildman–Crippen LogP) is 1.84. The second-order valence-electron chi connectivity index (χ2n) is 4.47. The van der Waals surface area contributed by atoms with E-state index in [9.17, 15) is 9.59 Å². The zero-order chi connectivity index (χ0) is 15.5. The molecule has 0 fully saturated rings. The Hall–Kier alpha value is -2.24. The fraction of sp³-hybridized carbons (Fsp3) is 0.467. The fourth-order valence-corrected chi connectivity index (χ4v) is 1.65. The van der Waals surface area contributed by atoms with E-state index in [1.165, 1.54) is 0 Å². The topological polar surface area (TPSA) is 84.9 Å². The van der Waals surface area contributed by atoms with Gasteiger partial charge in [-0.25, -0.2) is 0 Å². The Morgan fingerprint density at radius 3 is 2.38 bits per heavy atom. The van der Waals surface area contributed by atoms with Crippen molar-refractivity contribution in [3.05, 3.63) is 24.3 Å². The van der Waals surface area contributed by atoms with E-state index in [0.29, 0.717) is 32.4 Å². The Labute approximate surface area is 124 Å². The lowest BCUT2D eigenvalue weighted by Crippen LogP contribution is -2.25. The minimum Gasteiger partial charge on any atom is -0.497 e. The maximum absolute atomic E-state index is 11.5. The van der Waals surface area contributed by atoms with Crippen molar-refractivity contribution in [2.45, 2.75) is 25.7 Å². The number of carbonyl (C=O) groups is 2. The summed E-state index contributed by atoms with van der Waals surface area (Å²) in [6.45, 7) is 0.847. The van der Waals surface area contributed by atoms with Gasteiger partial charge in [0.15, 0.2) is 0 Å². The summed E-state index contributed by atoms with van der Waals surface area (Å²) in [5.74, 6) is 0.566. The van der Waals surface area contributed by atoms with E-state index in [1.54, 1.807) is 7.11 Å². The molecule has 1 amide bonds. The largest absolute Gasteiger partial charge is 0.497 e. The minimum atomic E-state index is -0.850. The van der Waals surface area contributed by atoms with E-state index >= 15 is 0 Å². The van der Waals surface area contributed by atoms with Crippen molar-refractivity contribution in [1.29, 1.82) is 0 Å². The van der Waals surface area contributed by atoms with Gasteiger partial charge in [0.1, 0.15) is 11.5 Å². The molecule has 0 saturated carbocycles. The van der Waals surface area contributed by atoms with Crippen LogP contribution >= 0.6 is 0 Å². The Morgan fingerprint density at radius 1 is 1.10 bits per heavy atom. The van der Waals surface area contributed by atoms with Crippen LogP contribution in [0.3, 0.4) is 0 Å². The molecule has 0 atom stereocenters. The number of methoxy groups -OCH3 is 1. The SMILES string of the molecule is COc1ccc(OCCCC(=O)NCCCC(=O)O)cc1. The highest BCUT2D eigenvalue weighted by Crippen LogP contribution is 2.17. The molecule has 0 radical (unpaired) electrons. The lowest BCUT2D eigenvalue weighted by atomic mass is 10.3. The van der Waals surface area contributed by atoms with Crippen LogP contribution in [0.4, 0.5) is 0 Å². The predicted molar refractivity (Wildman–Crippen MR) is 77.6 cm³/mol. The van der Waals surface area contributed by atoms with Crippen LogP contribution in [-0.4, -0.2) is 37.2 Å². The van der Waals surface area contributed by atoms with E-state index in [4.69, 9.17) is 14.6 Å². The third-order valence-electron chi connectivity index (χ3n) is 2.77. The first kappa shape index (κ1) is 16.8. The van der Waals surface area contributed by atoms with Gasteiger partial charge in [0, 0.05) is 19.4 Å². The monoisotopic (exact) mass is 295 g/mol. The Bertz CT molecular complexity index is 444. The number of carboxylic acid groups (broad SMARTS) is 1. The summed E-state index contributed by atoms with van der Waals surface area (Å²) in [6.07, 6.45) is 1.49. The molecule has 21 heavy (non-hydrogen) atoms. The fourth-order valence-electron chi connectivity index (χ4n) is 1.65. The molecule has 0 aliphatic carbocycles. The van der Waals surface area contributed by atoms with Crippen LogP contribution in [0.25, 0.3) is 0 Å². The average molecular weight is 295 g/mol. The van der Waals surface area contributed by atoms with Gasteiger partial charge in [0.2, 0.25) is 5.91 Å². The van der Waals surface area contributed by atoms with Gasteiger partial charge in [-0.15, -0.1) is 0 Å². The maximum atomic E-state index is 11.5. The molecule has 0 bridgehead atoms. The number of carbonyl (C=O) groups excluding carboxylic acids is 1. The van der Waals surface area contributed by atoms with Gasteiger partial charge in [-0.05, 0) is 37.1 Å². The molecule has 6 heteroatoms. The van der Waals surface area contributed by atoms with Crippen molar-refractivity contribution in [2.75, 3.05) is 20.3 Å². The highest BCUT2D eigenvalue weighted by Gasteiger charge is 2.02. The second-order valence-corrected chi connectivity index (χ2v) is 4.47. The molecule has 0 heterocycles. The summed E-state index contributed by atoms with van der Waals surface area (Å²) in [5, 5.41) is 11.1. The zero-order valence-electron chi connectivity index (χ0n) is 12.1. The van der Waals surface area contributed by atoms with Crippen molar-refractivity contribution < 1.29 is 24.2 Å². The molecule has 0 spiro atoms. The molecular weight excluding hydrogens is 274 g/mol. The molecule has 1 aromatic rings. The molecular formula is C15H21NO5. The van der Waals surface area contributed by atoms with Crippen molar-refractivity contribution in [3.8, 4) is 11.5 Å². The number of amides is 1. The van der Waals surface area contributed by atoms with Gasteiger partial charge >= 0.3 is 5.97 Å². The van der Waals surface area contributed by atoms with Crippen LogP contribution in [0.1, 0.15) is 25.7 Å². The highest BCUT2D eigenvalue weighted by atomic mass is 16.5. The summed E-state index contributed by atoms with van der Waals surface area (Å²) < 4.78 is 10.5. The first-order valence-corrected chi connectivity index (χ1v) is 6.87. The molecule has 0 saturated heterocycles. The number of hydrogen-bond donors (Lipinski definition) is 2. The molecule has 0 aliphatic rings. The third kappa shape index (κ3) is 7.81. The smallest absolute Gasteiger partial charge is 0.303 e. The number of carboxylic acids is 1. The van der Waals surface area contributed by atoms with Crippen LogP contribution in [-0.2, 0) is 9.59 Å². The molecule has 6 nitrogen and oxygen atoms in total. The number of ether oxygens (including phenoxy) is 2. The van der Waals surface area contributed by atoms with Crippen LogP contribution in [0, 0.1) is 0 Å². The standard InChI is InChI=1S/C15H21NO5/c1-20-12-6-8-13(9-7-12)21-11-3-4-14(17)16-10-2-5-15(18)19/h6-9H,2-5,10-11H2,1H3,(H,16,17)(H,18,19).